The van der Waals surface area contributed by atoms with Crippen LogP contribution in [0, 0.1) is 20.8 Å². The molecule has 1 aromatic rings. The van der Waals surface area contributed by atoms with E-state index in [4.69, 9.17) is 10.2 Å². The van der Waals surface area contributed by atoms with Crippen LogP contribution in [0.5, 0.6) is 0 Å². The van der Waals surface area contributed by atoms with Gasteiger partial charge in [0.25, 0.3) is 15.9 Å². The van der Waals surface area contributed by atoms with Gasteiger partial charge >= 0.3 is 0 Å². The molecule has 148 valence electrons. The van der Waals surface area contributed by atoms with Gasteiger partial charge in [-0.15, -0.1) is 0 Å². The van der Waals surface area contributed by atoms with Gasteiger partial charge in [-0.25, -0.2) is 13.1 Å². The smallest absolute Gasteiger partial charge is 0.264 e. The fraction of sp³-hybridized carbons (Fsp3) is 0.611. The van der Waals surface area contributed by atoms with Crippen LogP contribution in [0.4, 0.5) is 0 Å². The molecule has 1 amide bonds. The van der Waals surface area contributed by atoms with Crippen LogP contribution in [0.2, 0.25) is 18.1 Å². The van der Waals surface area contributed by atoms with Crippen LogP contribution in [0.3, 0.4) is 0 Å². The topological polar surface area (TPSA) is 98.5 Å². The quantitative estimate of drug-likeness (QED) is 0.716. The predicted octanol–water partition coefficient (Wildman–Crippen LogP) is 2.77. The Morgan fingerprint density at radius 2 is 1.65 bits per heavy atom. The maximum Gasteiger partial charge on any atom is 0.264 e. The highest BCUT2D eigenvalue weighted by molar-refractivity contribution is 7.90. The summed E-state index contributed by atoms with van der Waals surface area (Å²) in [5.41, 5.74) is 8.02. The highest BCUT2D eigenvalue weighted by atomic mass is 32.2. The fourth-order valence-electron chi connectivity index (χ4n) is 2.44. The molecule has 0 aliphatic rings. The molecule has 3 N–H and O–H groups in total. The average molecular weight is 401 g/mol. The van der Waals surface area contributed by atoms with Gasteiger partial charge < -0.3 is 10.2 Å². The highest BCUT2D eigenvalue weighted by Gasteiger charge is 2.38. The normalized spacial score (nSPS) is 14.2. The van der Waals surface area contributed by atoms with Crippen LogP contribution in [-0.4, -0.2) is 35.3 Å². The van der Waals surface area contributed by atoms with E-state index in [2.05, 4.69) is 25.5 Å². The second kappa shape index (κ2) is 7.80. The molecule has 0 unspecified atom stereocenters. The van der Waals surface area contributed by atoms with Crippen LogP contribution in [-0.2, 0) is 19.2 Å². The highest BCUT2D eigenvalue weighted by Crippen LogP contribution is 2.36. The lowest BCUT2D eigenvalue weighted by Crippen LogP contribution is -2.50. The first kappa shape index (κ1) is 22.8. The number of carbonyl (C=O) groups is 1. The summed E-state index contributed by atoms with van der Waals surface area (Å²) in [6.45, 7) is 15.6. The summed E-state index contributed by atoms with van der Waals surface area (Å²) in [5, 5.41) is -0.0224. The number of hydrogen-bond acceptors (Lipinski definition) is 5. The van der Waals surface area contributed by atoms with Crippen LogP contribution in [0.25, 0.3) is 0 Å². The molecule has 0 saturated carbocycles. The molecule has 0 aliphatic heterocycles. The average Bonchev–Trinajstić information content (AvgIpc) is 2.41. The van der Waals surface area contributed by atoms with Crippen molar-refractivity contribution in [1.29, 1.82) is 0 Å². The van der Waals surface area contributed by atoms with Crippen LogP contribution >= 0.6 is 0 Å². The van der Waals surface area contributed by atoms with Crippen molar-refractivity contribution in [2.75, 3.05) is 6.61 Å². The SMILES string of the molecule is Cc1cc(C)c(S(=O)(=O)NC(=O)[C@@H](N)CO[Si](C)(C)C(C)(C)C)c(C)c1. The molecule has 1 aromatic carbocycles. The molecule has 0 spiro atoms. The molecule has 0 radical (unpaired) electrons. The Balaban J connectivity index is 2.90. The Morgan fingerprint density at radius 1 is 1.19 bits per heavy atom. The van der Waals surface area contributed by atoms with Crippen molar-refractivity contribution in [3.8, 4) is 0 Å². The number of carbonyl (C=O) groups excluding carboxylic acids is 1. The molecular weight excluding hydrogens is 368 g/mol. The first-order valence-electron chi connectivity index (χ1n) is 8.62. The van der Waals surface area contributed by atoms with Crippen molar-refractivity contribution in [3.05, 3.63) is 28.8 Å². The maximum absolute atomic E-state index is 12.6. The van der Waals surface area contributed by atoms with Crippen molar-refractivity contribution in [2.24, 2.45) is 5.73 Å². The minimum absolute atomic E-state index is 0.0102. The van der Waals surface area contributed by atoms with Crippen molar-refractivity contribution in [3.63, 3.8) is 0 Å². The van der Waals surface area contributed by atoms with Gasteiger partial charge in [-0.2, -0.15) is 0 Å². The number of nitrogens with one attached hydrogen (secondary N) is 1. The molecule has 0 heterocycles. The van der Waals surface area contributed by atoms with Gasteiger partial charge in [-0.05, 0) is 50.0 Å². The van der Waals surface area contributed by atoms with E-state index in [1.807, 2.05) is 20.0 Å². The Labute approximate surface area is 158 Å². The number of sulfonamides is 1. The van der Waals surface area contributed by atoms with E-state index in [9.17, 15) is 13.2 Å². The molecule has 0 bridgehead atoms. The summed E-state index contributed by atoms with van der Waals surface area (Å²) < 4.78 is 33.3. The van der Waals surface area contributed by atoms with Gasteiger partial charge in [0.15, 0.2) is 8.32 Å². The third-order valence-electron chi connectivity index (χ3n) is 4.88. The molecule has 26 heavy (non-hydrogen) atoms. The standard InChI is InChI=1S/C18H32N2O4SSi/c1-12-9-13(2)16(14(3)10-12)25(22,23)20-17(21)15(19)11-24-26(7,8)18(4,5)6/h9-10,15H,11,19H2,1-8H3,(H,20,21)/t15-/m0/s1. The molecule has 1 atom stereocenters. The van der Waals surface area contributed by atoms with Gasteiger partial charge in [0.2, 0.25) is 0 Å². The molecule has 0 fully saturated rings. The lowest BCUT2D eigenvalue weighted by Gasteiger charge is -2.36. The van der Waals surface area contributed by atoms with Gasteiger partial charge in [0, 0.05) is 0 Å². The first-order valence-corrected chi connectivity index (χ1v) is 13.0. The van der Waals surface area contributed by atoms with E-state index >= 15 is 0 Å². The number of hydrogen-bond donors (Lipinski definition) is 2. The largest absolute Gasteiger partial charge is 0.415 e. The van der Waals surface area contributed by atoms with Crippen LogP contribution in [0.15, 0.2) is 17.0 Å². The fourth-order valence-corrected chi connectivity index (χ4v) is 4.95. The van der Waals surface area contributed by atoms with E-state index in [0.29, 0.717) is 11.1 Å². The van der Waals surface area contributed by atoms with E-state index in [-0.39, 0.29) is 16.5 Å². The number of nitrogens with two attached hydrogens (primary N) is 1. The van der Waals surface area contributed by atoms with Gasteiger partial charge in [-0.3, -0.25) is 4.79 Å². The van der Waals surface area contributed by atoms with Crippen molar-refractivity contribution in [2.45, 2.75) is 70.6 Å². The Hall–Kier alpha value is -1.22. The van der Waals surface area contributed by atoms with E-state index in [1.54, 1.807) is 26.0 Å². The Bertz CT molecular complexity index is 760. The summed E-state index contributed by atoms with van der Waals surface area (Å²) in [7, 11) is -6.06. The number of aryl methyl sites for hydroxylation is 3. The van der Waals surface area contributed by atoms with Gasteiger partial charge in [0.1, 0.15) is 6.04 Å². The van der Waals surface area contributed by atoms with E-state index in [1.165, 1.54) is 0 Å². The summed E-state index contributed by atoms with van der Waals surface area (Å²) in [5.74, 6) is -0.761. The summed E-state index contributed by atoms with van der Waals surface area (Å²) in [6, 6.07) is 2.49. The zero-order valence-corrected chi connectivity index (χ0v) is 18.9. The lowest BCUT2D eigenvalue weighted by molar-refractivity contribution is -0.121. The van der Waals surface area contributed by atoms with Gasteiger partial charge in [-0.1, -0.05) is 38.5 Å². The molecule has 0 aromatic heterocycles. The summed E-state index contributed by atoms with van der Waals surface area (Å²) in [4.78, 5) is 12.4. The van der Waals surface area contributed by atoms with E-state index in [0.717, 1.165) is 5.56 Å². The Morgan fingerprint density at radius 3 is 2.08 bits per heavy atom. The van der Waals surface area contributed by atoms with Crippen molar-refractivity contribution < 1.29 is 17.6 Å². The molecule has 0 aliphatic carbocycles. The van der Waals surface area contributed by atoms with Crippen LogP contribution in [0.1, 0.15) is 37.5 Å². The zero-order chi connectivity index (χ0) is 20.5. The second-order valence-electron chi connectivity index (χ2n) is 8.38. The number of benzene rings is 1. The third kappa shape index (κ3) is 5.39. The number of amides is 1. The zero-order valence-electron chi connectivity index (χ0n) is 17.1. The van der Waals surface area contributed by atoms with Crippen molar-refractivity contribution in [1.82, 2.24) is 4.72 Å². The molecule has 6 nitrogen and oxygen atoms in total. The molecule has 0 saturated heterocycles. The third-order valence-corrected chi connectivity index (χ3v) is 11.0. The van der Waals surface area contributed by atoms with Crippen LogP contribution < -0.4 is 10.5 Å². The molecular formula is C18H32N2O4SSi. The lowest BCUT2D eigenvalue weighted by atomic mass is 10.1. The Kier molecular flexibility index (Phi) is 6.84. The minimum atomic E-state index is -3.99. The summed E-state index contributed by atoms with van der Waals surface area (Å²) >= 11 is 0. The van der Waals surface area contributed by atoms with E-state index < -0.39 is 30.3 Å². The molecule has 8 heteroatoms. The van der Waals surface area contributed by atoms with Crippen molar-refractivity contribution >= 4 is 24.2 Å². The second-order valence-corrected chi connectivity index (χ2v) is 14.8. The monoisotopic (exact) mass is 400 g/mol. The maximum atomic E-state index is 12.6. The first-order chi connectivity index (χ1) is 11.6. The molecule has 1 rings (SSSR count). The van der Waals surface area contributed by atoms with Gasteiger partial charge in [0.05, 0.1) is 11.5 Å². The minimum Gasteiger partial charge on any atom is -0.415 e. The number of rotatable bonds is 6. The summed E-state index contributed by atoms with van der Waals surface area (Å²) in [6.07, 6.45) is 0. The predicted molar refractivity (Wildman–Crippen MR) is 107 cm³/mol.